The molecular weight excluding hydrogens is 316 g/mol. The maximum atomic E-state index is 12.0. The Kier molecular flexibility index (Phi) is 3.83. The number of fused-ring (bicyclic) bond motifs is 1. The summed E-state index contributed by atoms with van der Waals surface area (Å²) in [5.41, 5.74) is 1.40. The van der Waals surface area contributed by atoms with Gasteiger partial charge in [-0.2, -0.15) is 0 Å². The summed E-state index contributed by atoms with van der Waals surface area (Å²) in [7, 11) is -3.58. The Balaban J connectivity index is 1.86. The number of aromatic amines is 1. The molecule has 3 aromatic rings. The first kappa shape index (κ1) is 15.2. The molecule has 0 aliphatic rings. The maximum absolute atomic E-state index is 12.0. The molecule has 2 heterocycles. The number of anilines is 2. The normalized spacial score (nSPS) is 11.5. The molecule has 118 valence electrons. The molecule has 23 heavy (non-hydrogen) atoms. The van der Waals surface area contributed by atoms with E-state index in [1.807, 2.05) is 6.07 Å². The Bertz CT molecular complexity index is 962. The number of Topliss-reactive ketones (excluding diaryl/α,β-unsaturated/α-hetero) is 1. The van der Waals surface area contributed by atoms with E-state index in [1.54, 1.807) is 18.3 Å². The molecule has 0 amide bonds. The molecule has 1 aromatic carbocycles. The lowest BCUT2D eigenvalue weighted by Gasteiger charge is -2.08. The molecule has 0 aliphatic carbocycles. The van der Waals surface area contributed by atoms with Crippen molar-refractivity contribution in [3.05, 3.63) is 42.9 Å². The third-order valence-corrected chi connectivity index (χ3v) is 5.00. The molecule has 7 nitrogen and oxygen atoms in total. The summed E-state index contributed by atoms with van der Waals surface area (Å²) in [6.45, 7) is 1.25. The second-order valence-corrected chi connectivity index (χ2v) is 7.06. The Labute approximate surface area is 132 Å². The standard InChI is InChI=1S/C15H14N4O3S/c1-10(20)8-23(21,22)12-4-2-11(3-5-12)19-15-13-6-7-16-14(13)17-9-18-15/h2-7,9H,8H2,1H3,(H2,16,17,18,19). The first-order valence-electron chi connectivity index (χ1n) is 6.83. The molecule has 2 aromatic heterocycles. The maximum Gasteiger partial charge on any atom is 0.185 e. The van der Waals surface area contributed by atoms with Crippen molar-refractivity contribution >= 4 is 38.2 Å². The Morgan fingerprint density at radius 3 is 2.61 bits per heavy atom. The Morgan fingerprint density at radius 2 is 1.91 bits per heavy atom. The van der Waals surface area contributed by atoms with Gasteiger partial charge in [-0.3, -0.25) is 4.79 Å². The highest BCUT2D eigenvalue weighted by atomic mass is 32.2. The molecule has 0 unspecified atom stereocenters. The molecule has 0 aliphatic heterocycles. The number of nitrogens with one attached hydrogen (secondary N) is 2. The third-order valence-electron chi connectivity index (χ3n) is 3.22. The quantitative estimate of drug-likeness (QED) is 0.742. The fourth-order valence-electron chi connectivity index (χ4n) is 2.21. The van der Waals surface area contributed by atoms with E-state index in [2.05, 4.69) is 20.3 Å². The Hall–Kier alpha value is -2.74. The number of aromatic nitrogens is 3. The number of nitrogens with zero attached hydrogens (tertiary/aromatic N) is 2. The van der Waals surface area contributed by atoms with Crippen molar-refractivity contribution in [1.82, 2.24) is 15.0 Å². The van der Waals surface area contributed by atoms with Gasteiger partial charge in [-0.1, -0.05) is 0 Å². The van der Waals surface area contributed by atoms with E-state index in [1.165, 1.54) is 25.4 Å². The summed E-state index contributed by atoms with van der Waals surface area (Å²) < 4.78 is 24.0. The van der Waals surface area contributed by atoms with Crippen molar-refractivity contribution in [3.8, 4) is 0 Å². The highest BCUT2D eigenvalue weighted by Crippen LogP contribution is 2.23. The minimum atomic E-state index is -3.58. The van der Waals surface area contributed by atoms with Crippen LogP contribution in [-0.2, 0) is 14.6 Å². The predicted octanol–water partition coefficient (Wildman–Crippen LogP) is 2.06. The van der Waals surface area contributed by atoms with Crippen LogP contribution in [0.4, 0.5) is 11.5 Å². The smallest absolute Gasteiger partial charge is 0.185 e. The molecule has 2 N–H and O–H groups in total. The fourth-order valence-corrected chi connectivity index (χ4v) is 3.46. The molecule has 0 radical (unpaired) electrons. The van der Waals surface area contributed by atoms with Gasteiger partial charge in [-0.25, -0.2) is 18.4 Å². The Morgan fingerprint density at radius 1 is 1.17 bits per heavy atom. The molecular formula is C15H14N4O3S. The number of benzene rings is 1. The predicted molar refractivity (Wildman–Crippen MR) is 86.3 cm³/mol. The SMILES string of the molecule is CC(=O)CS(=O)(=O)c1ccc(Nc2ncnc3[nH]ccc23)cc1. The van der Waals surface area contributed by atoms with Crippen LogP contribution in [0.15, 0.2) is 47.8 Å². The van der Waals surface area contributed by atoms with E-state index in [0.717, 1.165) is 5.39 Å². The lowest BCUT2D eigenvalue weighted by Crippen LogP contribution is -2.13. The van der Waals surface area contributed by atoms with Crippen LogP contribution in [0.2, 0.25) is 0 Å². The minimum Gasteiger partial charge on any atom is -0.346 e. The van der Waals surface area contributed by atoms with Crippen LogP contribution in [0.3, 0.4) is 0 Å². The van der Waals surface area contributed by atoms with Gasteiger partial charge in [0, 0.05) is 11.9 Å². The lowest BCUT2D eigenvalue weighted by atomic mass is 10.3. The van der Waals surface area contributed by atoms with Crippen molar-refractivity contribution < 1.29 is 13.2 Å². The molecule has 0 saturated carbocycles. The summed E-state index contributed by atoms with van der Waals surface area (Å²) in [4.78, 5) is 22.4. The van der Waals surface area contributed by atoms with Crippen molar-refractivity contribution in [2.24, 2.45) is 0 Å². The third kappa shape index (κ3) is 3.21. The van der Waals surface area contributed by atoms with Gasteiger partial charge in [-0.05, 0) is 37.3 Å². The van der Waals surface area contributed by atoms with E-state index in [4.69, 9.17) is 0 Å². The fraction of sp³-hybridized carbons (Fsp3) is 0.133. The molecule has 0 fully saturated rings. The minimum absolute atomic E-state index is 0.118. The number of H-pyrrole nitrogens is 1. The monoisotopic (exact) mass is 330 g/mol. The van der Waals surface area contributed by atoms with Gasteiger partial charge in [0.05, 0.1) is 10.3 Å². The van der Waals surface area contributed by atoms with Crippen LogP contribution in [0.25, 0.3) is 11.0 Å². The average Bonchev–Trinajstić information content (AvgIpc) is 2.96. The van der Waals surface area contributed by atoms with E-state index >= 15 is 0 Å². The van der Waals surface area contributed by atoms with Crippen LogP contribution in [0, 0.1) is 0 Å². The zero-order valence-electron chi connectivity index (χ0n) is 12.3. The zero-order valence-corrected chi connectivity index (χ0v) is 13.1. The van der Waals surface area contributed by atoms with Gasteiger partial charge in [0.1, 0.15) is 29.3 Å². The van der Waals surface area contributed by atoms with Crippen LogP contribution in [-0.4, -0.2) is 34.9 Å². The van der Waals surface area contributed by atoms with Crippen LogP contribution < -0.4 is 5.32 Å². The number of hydrogen-bond acceptors (Lipinski definition) is 6. The molecule has 0 bridgehead atoms. The zero-order chi connectivity index (χ0) is 16.4. The van der Waals surface area contributed by atoms with E-state index in [0.29, 0.717) is 17.2 Å². The molecule has 0 saturated heterocycles. The van der Waals surface area contributed by atoms with Crippen LogP contribution in [0.1, 0.15) is 6.92 Å². The van der Waals surface area contributed by atoms with Gasteiger partial charge >= 0.3 is 0 Å². The van der Waals surface area contributed by atoms with Gasteiger partial charge in [0.15, 0.2) is 9.84 Å². The number of ketones is 1. The first-order chi connectivity index (χ1) is 11.0. The van der Waals surface area contributed by atoms with Gasteiger partial charge in [-0.15, -0.1) is 0 Å². The van der Waals surface area contributed by atoms with Crippen LogP contribution in [0.5, 0.6) is 0 Å². The topological polar surface area (TPSA) is 105 Å². The number of rotatable bonds is 5. The van der Waals surface area contributed by atoms with E-state index < -0.39 is 15.6 Å². The van der Waals surface area contributed by atoms with Crippen molar-refractivity contribution in [2.75, 3.05) is 11.1 Å². The van der Waals surface area contributed by atoms with Crippen molar-refractivity contribution in [1.29, 1.82) is 0 Å². The highest BCUT2D eigenvalue weighted by Gasteiger charge is 2.16. The van der Waals surface area contributed by atoms with Crippen LogP contribution >= 0.6 is 0 Å². The molecule has 0 spiro atoms. The summed E-state index contributed by atoms with van der Waals surface area (Å²) >= 11 is 0. The second-order valence-electron chi connectivity index (χ2n) is 5.07. The van der Waals surface area contributed by atoms with E-state index in [9.17, 15) is 13.2 Å². The van der Waals surface area contributed by atoms with Crippen molar-refractivity contribution in [2.45, 2.75) is 11.8 Å². The van der Waals surface area contributed by atoms with Gasteiger partial charge < -0.3 is 10.3 Å². The molecule has 0 atom stereocenters. The number of hydrogen-bond donors (Lipinski definition) is 2. The van der Waals surface area contributed by atoms with Gasteiger partial charge in [0.25, 0.3) is 0 Å². The average molecular weight is 330 g/mol. The number of sulfone groups is 1. The van der Waals surface area contributed by atoms with Crippen molar-refractivity contribution in [3.63, 3.8) is 0 Å². The number of carbonyl (C=O) groups is 1. The molecule has 8 heteroatoms. The van der Waals surface area contributed by atoms with E-state index in [-0.39, 0.29) is 10.7 Å². The number of carbonyl (C=O) groups excluding carboxylic acids is 1. The molecule has 3 rings (SSSR count). The summed E-state index contributed by atoms with van der Waals surface area (Å²) in [5, 5.41) is 3.95. The van der Waals surface area contributed by atoms with Gasteiger partial charge in [0.2, 0.25) is 0 Å². The lowest BCUT2D eigenvalue weighted by molar-refractivity contribution is -0.114. The summed E-state index contributed by atoms with van der Waals surface area (Å²) in [6, 6.07) is 8.05. The highest BCUT2D eigenvalue weighted by molar-refractivity contribution is 7.92. The largest absolute Gasteiger partial charge is 0.346 e. The first-order valence-corrected chi connectivity index (χ1v) is 8.48. The summed E-state index contributed by atoms with van der Waals surface area (Å²) in [5.74, 6) is -0.256. The second kappa shape index (κ2) is 5.81. The summed E-state index contributed by atoms with van der Waals surface area (Å²) in [6.07, 6.45) is 3.20.